The maximum absolute atomic E-state index is 16.1. The van der Waals surface area contributed by atoms with Crippen molar-refractivity contribution in [2.24, 2.45) is 0 Å². The third-order valence-corrected chi connectivity index (χ3v) is 7.64. The molecule has 0 spiro atoms. The van der Waals surface area contributed by atoms with Crippen molar-refractivity contribution in [2.45, 2.75) is 38.6 Å². The highest BCUT2D eigenvalue weighted by molar-refractivity contribution is 5.97. The highest BCUT2D eigenvalue weighted by Gasteiger charge is 2.22. The standard InChI is InChI=1S/C28H29FN8/c29-24-20(19-14-18(15-30-16-19)17-36-10-4-5-11-36)6-7-21-23(24)26(35-34-21)27-32-22-8-9-31-28(25(22)33-27)37-12-2-1-3-13-37/h6-9,14-16H,1-5,10-13,17H2,(H,32,33)(H,34,35). The van der Waals surface area contributed by atoms with Gasteiger partial charge in [-0.05, 0) is 75.0 Å². The Kier molecular flexibility index (Phi) is 5.57. The van der Waals surface area contributed by atoms with Gasteiger partial charge in [-0.2, -0.15) is 5.10 Å². The van der Waals surface area contributed by atoms with Gasteiger partial charge < -0.3 is 9.88 Å². The summed E-state index contributed by atoms with van der Waals surface area (Å²) < 4.78 is 16.1. The molecule has 7 rings (SSSR count). The van der Waals surface area contributed by atoms with Crippen molar-refractivity contribution in [3.63, 3.8) is 0 Å². The van der Waals surface area contributed by atoms with Gasteiger partial charge in [0.25, 0.3) is 0 Å². The van der Waals surface area contributed by atoms with Crippen LogP contribution >= 0.6 is 0 Å². The predicted octanol–water partition coefficient (Wildman–Crippen LogP) is 5.29. The summed E-state index contributed by atoms with van der Waals surface area (Å²) in [5.41, 5.74) is 5.15. The molecule has 9 heteroatoms. The number of anilines is 1. The van der Waals surface area contributed by atoms with Crippen LogP contribution < -0.4 is 4.90 Å². The van der Waals surface area contributed by atoms with Crippen LogP contribution in [-0.4, -0.2) is 61.2 Å². The molecule has 37 heavy (non-hydrogen) atoms. The molecule has 8 nitrogen and oxygen atoms in total. The van der Waals surface area contributed by atoms with Crippen LogP contribution in [0.5, 0.6) is 0 Å². The molecule has 4 aromatic heterocycles. The van der Waals surface area contributed by atoms with E-state index >= 15 is 4.39 Å². The van der Waals surface area contributed by atoms with Crippen molar-refractivity contribution < 1.29 is 4.39 Å². The van der Waals surface area contributed by atoms with Gasteiger partial charge in [-0.25, -0.2) is 14.4 Å². The van der Waals surface area contributed by atoms with E-state index < -0.39 is 0 Å². The average Bonchev–Trinajstić information content (AvgIpc) is 3.69. The Morgan fingerprint density at radius 1 is 0.919 bits per heavy atom. The number of rotatable bonds is 5. The number of hydrogen-bond acceptors (Lipinski definition) is 6. The fourth-order valence-electron chi connectivity index (χ4n) is 5.76. The number of fused-ring (bicyclic) bond motifs is 2. The largest absolute Gasteiger partial charge is 0.355 e. The molecule has 0 atom stereocenters. The van der Waals surface area contributed by atoms with Crippen molar-refractivity contribution in [3.05, 3.63) is 54.2 Å². The topological polar surface area (TPSA) is 89.6 Å². The Balaban J connectivity index is 1.28. The lowest BCUT2D eigenvalue weighted by Crippen LogP contribution is -2.30. The molecule has 0 radical (unpaired) electrons. The number of nitrogens with zero attached hydrogens (tertiary/aromatic N) is 6. The maximum atomic E-state index is 16.1. The minimum absolute atomic E-state index is 0.323. The molecule has 2 aliphatic heterocycles. The predicted molar refractivity (Wildman–Crippen MR) is 143 cm³/mol. The minimum Gasteiger partial charge on any atom is -0.355 e. The highest BCUT2D eigenvalue weighted by atomic mass is 19.1. The maximum Gasteiger partial charge on any atom is 0.159 e. The van der Waals surface area contributed by atoms with E-state index in [2.05, 4.69) is 34.9 Å². The fraction of sp³-hybridized carbons (Fsp3) is 0.357. The fourth-order valence-corrected chi connectivity index (χ4v) is 5.76. The number of halogens is 1. The minimum atomic E-state index is -0.323. The van der Waals surface area contributed by atoms with Crippen molar-refractivity contribution in [3.8, 4) is 22.6 Å². The summed E-state index contributed by atoms with van der Waals surface area (Å²) in [7, 11) is 0. The number of pyridine rings is 2. The number of hydrogen-bond donors (Lipinski definition) is 2. The van der Waals surface area contributed by atoms with Gasteiger partial charge in [0.05, 0.1) is 16.4 Å². The van der Waals surface area contributed by atoms with Crippen LogP contribution in [0.3, 0.4) is 0 Å². The van der Waals surface area contributed by atoms with E-state index in [1.54, 1.807) is 18.5 Å². The van der Waals surface area contributed by atoms with Gasteiger partial charge >= 0.3 is 0 Å². The summed E-state index contributed by atoms with van der Waals surface area (Å²) in [5.74, 6) is 1.09. The second kappa shape index (κ2) is 9.23. The summed E-state index contributed by atoms with van der Waals surface area (Å²) in [6.07, 6.45) is 11.4. The number of aromatic nitrogens is 6. The van der Waals surface area contributed by atoms with Crippen molar-refractivity contribution in [1.29, 1.82) is 0 Å². The molecule has 1 aromatic carbocycles. The molecular formula is C28H29FN8. The van der Waals surface area contributed by atoms with Crippen LogP contribution in [0.1, 0.15) is 37.7 Å². The number of likely N-dealkylation sites (tertiary alicyclic amines) is 1. The van der Waals surface area contributed by atoms with E-state index in [9.17, 15) is 0 Å². The van der Waals surface area contributed by atoms with Crippen LogP contribution in [0.15, 0.2) is 42.9 Å². The first-order chi connectivity index (χ1) is 18.2. The van der Waals surface area contributed by atoms with Gasteiger partial charge in [-0.15, -0.1) is 0 Å². The Hall–Kier alpha value is -3.85. The lowest BCUT2D eigenvalue weighted by molar-refractivity contribution is 0.331. The molecule has 2 N–H and O–H groups in total. The Morgan fingerprint density at radius 3 is 2.62 bits per heavy atom. The van der Waals surface area contributed by atoms with Crippen LogP contribution in [0.2, 0.25) is 0 Å². The van der Waals surface area contributed by atoms with Crippen LogP contribution in [0.25, 0.3) is 44.6 Å². The first kappa shape index (κ1) is 22.4. The summed E-state index contributed by atoms with van der Waals surface area (Å²) in [6.45, 7) is 5.00. The van der Waals surface area contributed by atoms with Gasteiger partial charge in [0, 0.05) is 49.4 Å². The van der Waals surface area contributed by atoms with Gasteiger partial charge in [0.15, 0.2) is 11.6 Å². The van der Waals surface area contributed by atoms with E-state index in [0.29, 0.717) is 28.0 Å². The second-order valence-corrected chi connectivity index (χ2v) is 10.2. The Labute approximate surface area is 213 Å². The summed E-state index contributed by atoms with van der Waals surface area (Å²) in [6, 6.07) is 7.63. The molecule has 0 saturated carbocycles. The third kappa shape index (κ3) is 4.03. The molecule has 0 amide bonds. The molecule has 2 saturated heterocycles. The molecule has 2 aliphatic rings. The zero-order valence-electron chi connectivity index (χ0n) is 20.7. The third-order valence-electron chi connectivity index (χ3n) is 7.64. The van der Waals surface area contributed by atoms with Crippen molar-refractivity contribution in [1.82, 2.24) is 35.0 Å². The van der Waals surface area contributed by atoms with Crippen LogP contribution in [-0.2, 0) is 6.54 Å². The second-order valence-electron chi connectivity index (χ2n) is 10.2. The molecule has 6 heterocycles. The number of H-pyrrole nitrogens is 2. The molecule has 0 bridgehead atoms. The smallest absolute Gasteiger partial charge is 0.159 e. The number of piperidine rings is 1. The molecule has 188 valence electrons. The van der Waals surface area contributed by atoms with Crippen LogP contribution in [0, 0.1) is 5.82 Å². The first-order valence-corrected chi connectivity index (χ1v) is 13.2. The monoisotopic (exact) mass is 496 g/mol. The molecule has 0 unspecified atom stereocenters. The lowest BCUT2D eigenvalue weighted by Gasteiger charge is -2.27. The van der Waals surface area contributed by atoms with E-state index in [1.165, 1.54) is 19.3 Å². The number of benzene rings is 1. The van der Waals surface area contributed by atoms with Gasteiger partial charge in [0.2, 0.25) is 0 Å². The zero-order chi connectivity index (χ0) is 24.8. The summed E-state index contributed by atoms with van der Waals surface area (Å²) in [4.78, 5) is 22.0. The van der Waals surface area contributed by atoms with E-state index in [1.807, 2.05) is 24.4 Å². The first-order valence-electron chi connectivity index (χ1n) is 13.2. The average molecular weight is 497 g/mol. The van der Waals surface area contributed by atoms with E-state index in [0.717, 1.165) is 73.5 Å². The highest BCUT2D eigenvalue weighted by Crippen LogP contribution is 2.35. The van der Waals surface area contributed by atoms with Gasteiger partial charge in [-0.3, -0.25) is 15.0 Å². The number of imidazole rings is 1. The quantitative estimate of drug-likeness (QED) is 0.344. The Morgan fingerprint density at radius 2 is 1.76 bits per heavy atom. The normalized spacial score (nSPS) is 16.8. The van der Waals surface area contributed by atoms with Crippen molar-refractivity contribution >= 4 is 27.8 Å². The molecular weight excluding hydrogens is 467 g/mol. The summed E-state index contributed by atoms with van der Waals surface area (Å²) in [5, 5.41) is 7.88. The van der Waals surface area contributed by atoms with Gasteiger partial charge in [-0.1, -0.05) is 0 Å². The Bertz CT molecular complexity index is 1580. The number of aromatic amines is 2. The van der Waals surface area contributed by atoms with E-state index in [-0.39, 0.29) is 5.82 Å². The van der Waals surface area contributed by atoms with Gasteiger partial charge in [0.1, 0.15) is 17.0 Å². The van der Waals surface area contributed by atoms with Crippen LogP contribution in [0.4, 0.5) is 10.2 Å². The zero-order valence-corrected chi connectivity index (χ0v) is 20.7. The SMILES string of the molecule is Fc1c(-c2cncc(CN3CCCC3)c2)ccc2[nH]nc(-c3nc4c(N5CCCCC5)nccc4[nH]3)c12. The van der Waals surface area contributed by atoms with E-state index in [4.69, 9.17) is 4.98 Å². The lowest BCUT2D eigenvalue weighted by atomic mass is 10.0. The molecule has 5 aromatic rings. The number of nitrogens with one attached hydrogen (secondary N) is 2. The summed E-state index contributed by atoms with van der Waals surface area (Å²) >= 11 is 0. The molecule has 2 fully saturated rings. The molecule has 0 aliphatic carbocycles. The van der Waals surface area contributed by atoms with Crippen molar-refractivity contribution in [2.75, 3.05) is 31.1 Å².